The maximum absolute atomic E-state index is 12.8. The van der Waals surface area contributed by atoms with Crippen LogP contribution in [-0.4, -0.2) is 55.7 Å². The lowest BCUT2D eigenvalue weighted by Crippen LogP contribution is -2.57. The predicted octanol–water partition coefficient (Wildman–Crippen LogP) is 1.84. The summed E-state index contributed by atoms with van der Waals surface area (Å²) in [7, 11) is 1.66. The number of methoxy groups -OCH3 is 1. The van der Waals surface area contributed by atoms with Crippen LogP contribution >= 0.6 is 0 Å². The zero-order valence-electron chi connectivity index (χ0n) is 15.5. The van der Waals surface area contributed by atoms with Crippen LogP contribution in [0.3, 0.4) is 0 Å². The third kappa shape index (κ3) is 4.40. The molecule has 0 unspecified atom stereocenters. The number of aryl methyl sites for hydroxylation is 1. The zero-order valence-corrected chi connectivity index (χ0v) is 15.5. The van der Waals surface area contributed by atoms with E-state index in [1.165, 1.54) is 11.1 Å². The Kier molecular flexibility index (Phi) is 6.10. The molecule has 3 rings (SSSR count). The molecule has 5 nitrogen and oxygen atoms in total. The molecule has 2 N–H and O–H groups in total. The summed E-state index contributed by atoms with van der Waals surface area (Å²) >= 11 is 0. The number of nitrogens with one attached hydrogen (secondary N) is 2. The Bertz CT molecular complexity index is 576. The van der Waals surface area contributed by atoms with E-state index >= 15 is 0 Å². The zero-order chi connectivity index (χ0) is 17.7. The van der Waals surface area contributed by atoms with E-state index in [-0.39, 0.29) is 11.9 Å². The molecule has 2 aliphatic rings. The highest BCUT2D eigenvalue weighted by molar-refractivity contribution is 5.85. The quantitative estimate of drug-likeness (QED) is 0.855. The summed E-state index contributed by atoms with van der Waals surface area (Å²) in [6.45, 7) is 6.92. The molecule has 0 spiro atoms. The van der Waals surface area contributed by atoms with Crippen molar-refractivity contribution in [1.82, 2.24) is 15.5 Å². The molecule has 0 saturated carbocycles. The van der Waals surface area contributed by atoms with Gasteiger partial charge in [-0.05, 0) is 56.8 Å². The first kappa shape index (κ1) is 18.4. The summed E-state index contributed by atoms with van der Waals surface area (Å²) in [5.74, 6) is 0.0776. The number of likely N-dealkylation sites (tertiary alicyclic amines) is 1. The molecule has 138 valence electrons. The van der Waals surface area contributed by atoms with E-state index in [4.69, 9.17) is 4.74 Å². The van der Waals surface area contributed by atoms with Gasteiger partial charge in [0.15, 0.2) is 0 Å². The van der Waals surface area contributed by atoms with Crippen molar-refractivity contribution in [2.24, 2.45) is 0 Å². The fourth-order valence-electron chi connectivity index (χ4n) is 3.94. The normalized spacial score (nSPS) is 21.8. The van der Waals surface area contributed by atoms with E-state index in [1.54, 1.807) is 7.11 Å². The van der Waals surface area contributed by atoms with Crippen LogP contribution in [0.25, 0.3) is 0 Å². The minimum Gasteiger partial charge on any atom is -0.368 e. The number of carbonyl (C=O) groups excluding carboxylic acids is 1. The van der Waals surface area contributed by atoms with Crippen LogP contribution in [0.4, 0.5) is 0 Å². The maximum Gasteiger partial charge on any atom is 0.252 e. The molecule has 1 amide bonds. The Morgan fingerprint density at radius 3 is 2.60 bits per heavy atom. The second-order valence-corrected chi connectivity index (χ2v) is 7.40. The van der Waals surface area contributed by atoms with Crippen LogP contribution in [0.2, 0.25) is 0 Å². The molecule has 0 radical (unpaired) electrons. The van der Waals surface area contributed by atoms with Gasteiger partial charge in [0.2, 0.25) is 0 Å². The van der Waals surface area contributed by atoms with E-state index in [2.05, 4.69) is 46.7 Å². The predicted molar refractivity (Wildman–Crippen MR) is 99.5 cm³/mol. The summed E-state index contributed by atoms with van der Waals surface area (Å²) < 4.78 is 5.63. The largest absolute Gasteiger partial charge is 0.368 e. The fraction of sp³-hybridized carbons (Fsp3) is 0.650. The minimum atomic E-state index is -0.635. The van der Waals surface area contributed by atoms with Crippen molar-refractivity contribution >= 4 is 5.91 Å². The van der Waals surface area contributed by atoms with Gasteiger partial charge in [-0.2, -0.15) is 0 Å². The number of piperidine rings is 2. The van der Waals surface area contributed by atoms with E-state index in [9.17, 15) is 4.79 Å². The SMILES string of the molecule is COC1(C(=O)NC2CCN(Cc3ccccc3C)CC2)CCNCC1. The Hall–Kier alpha value is -1.43. The summed E-state index contributed by atoms with van der Waals surface area (Å²) in [4.78, 5) is 15.2. The highest BCUT2D eigenvalue weighted by Gasteiger charge is 2.40. The molecule has 5 heteroatoms. The number of benzene rings is 1. The number of carbonyl (C=O) groups is 1. The van der Waals surface area contributed by atoms with Gasteiger partial charge in [0, 0.05) is 32.8 Å². The van der Waals surface area contributed by atoms with E-state index < -0.39 is 5.60 Å². The molecule has 1 aromatic rings. The van der Waals surface area contributed by atoms with Gasteiger partial charge in [-0.15, -0.1) is 0 Å². The summed E-state index contributed by atoms with van der Waals surface area (Å²) in [5, 5.41) is 6.56. The number of rotatable bonds is 5. The maximum atomic E-state index is 12.8. The number of ether oxygens (including phenoxy) is 1. The molecule has 2 fully saturated rings. The van der Waals surface area contributed by atoms with E-state index in [0.717, 1.165) is 58.4 Å². The monoisotopic (exact) mass is 345 g/mol. The van der Waals surface area contributed by atoms with Gasteiger partial charge in [-0.3, -0.25) is 9.69 Å². The third-order valence-corrected chi connectivity index (χ3v) is 5.79. The van der Waals surface area contributed by atoms with Gasteiger partial charge in [0.05, 0.1) is 0 Å². The number of hydrogen-bond acceptors (Lipinski definition) is 4. The van der Waals surface area contributed by atoms with Gasteiger partial charge < -0.3 is 15.4 Å². The number of hydrogen-bond donors (Lipinski definition) is 2. The Labute approximate surface area is 151 Å². The van der Waals surface area contributed by atoms with Crippen molar-refractivity contribution in [3.05, 3.63) is 35.4 Å². The molecule has 25 heavy (non-hydrogen) atoms. The van der Waals surface area contributed by atoms with E-state index in [0.29, 0.717) is 0 Å². The van der Waals surface area contributed by atoms with E-state index in [1.807, 2.05) is 0 Å². The summed E-state index contributed by atoms with van der Waals surface area (Å²) in [5.41, 5.74) is 2.12. The highest BCUT2D eigenvalue weighted by atomic mass is 16.5. The topological polar surface area (TPSA) is 53.6 Å². The average molecular weight is 345 g/mol. The van der Waals surface area contributed by atoms with Gasteiger partial charge in [-0.1, -0.05) is 24.3 Å². The first-order valence-corrected chi connectivity index (χ1v) is 9.47. The Balaban J connectivity index is 1.49. The Morgan fingerprint density at radius 2 is 1.96 bits per heavy atom. The van der Waals surface area contributed by atoms with Gasteiger partial charge in [-0.25, -0.2) is 0 Å². The van der Waals surface area contributed by atoms with Crippen LogP contribution in [0.1, 0.15) is 36.8 Å². The number of amides is 1. The van der Waals surface area contributed by atoms with Crippen LogP contribution in [-0.2, 0) is 16.1 Å². The Morgan fingerprint density at radius 1 is 1.28 bits per heavy atom. The molecule has 0 aliphatic carbocycles. The molecule has 0 atom stereocenters. The van der Waals surface area contributed by atoms with Crippen LogP contribution in [0.5, 0.6) is 0 Å². The van der Waals surface area contributed by atoms with Crippen molar-refractivity contribution in [2.75, 3.05) is 33.3 Å². The fourth-order valence-corrected chi connectivity index (χ4v) is 3.94. The summed E-state index contributed by atoms with van der Waals surface area (Å²) in [6, 6.07) is 8.85. The second kappa shape index (κ2) is 8.30. The average Bonchev–Trinajstić information content (AvgIpc) is 2.65. The van der Waals surface area contributed by atoms with Crippen molar-refractivity contribution in [1.29, 1.82) is 0 Å². The van der Waals surface area contributed by atoms with Crippen LogP contribution in [0, 0.1) is 6.92 Å². The first-order valence-electron chi connectivity index (χ1n) is 9.47. The van der Waals surface area contributed by atoms with Crippen LogP contribution in [0.15, 0.2) is 24.3 Å². The standard InChI is InChI=1S/C20H31N3O2/c1-16-5-3-4-6-17(16)15-23-13-7-18(8-14-23)22-19(24)20(25-2)9-11-21-12-10-20/h3-6,18,21H,7-15H2,1-2H3,(H,22,24). The van der Waals surface area contributed by atoms with Crippen molar-refractivity contribution < 1.29 is 9.53 Å². The lowest BCUT2D eigenvalue weighted by atomic mass is 9.90. The molecule has 0 bridgehead atoms. The smallest absolute Gasteiger partial charge is 0.252 e. The molecule has 2 saturated heterocycles. The van der Waals surface area contributed by atoms with Crippen LogP contribution < -0.4 is 10.6 Å². The molecule has 0 aromatic heterocycles. The lowest BCUT2D eigenvalue weighted by Gasteiger charge is -2.38. The third-order valence-electron chi connectivity index (χ3n) is 5.79. The van der Waals surface area contributed by atoms with Gasteiger partial charge >= 0.3 is 0 Å². The highest BCUT2D eigenvalue weighted by Crippen LogP contribution is 2.24. The van der Waals surface area contributed by atoms with Crippen molar-refractivity contribution in [3.8, 4) is 0 Å². The number of nitrogens with zero attached hydrogens (tertiary/aromatic N) is 1. The van der Waals surface area contributed by atoms with Crippen molar-refractivity contribution in [3.63, 3.8) is 0 Å². The molecule has 2 aliphatic heterocycles. The molecule has 1 aromatic carbocycles. The molecular weight excluding hydrogens is 314 g/mol. The minimum absolute atomic E-state index is 0.0776. The summed E-state index contributed by atoms with van der Waals surface area (Å²) in [6.07, 6.45) is 3.52. The molecule has 2 heterocycles. The van der Waals surface area contributed by atoms with Crippen molar-refractivity contribution in [2.45, 2.75) is 50.8 Å². The van der Waals surface area contributed by atoms with Gasteiger partial charge in [0.1, 0.15) is 5.60 Å². The molecular formula is C20H31N3O2. The second-order valence-electron chi connectivity index (χ2n) is 7.40. The van der Waals surface area contributed by atoms with Gasteiger partial charge in [0.25, 0.3) is 5.91 Å². The lowest BCUT2D eigenvalue weighted by molar-refractivity contribution is -0.147. The first-order chi connectivity index (χ1) is 12.1.